The van der Waals surface area contributed by atoms with Crippen LogP contribution in [0.2, 0.25) is 0 Å². The predicted octanol–water partition coefficient (Wildman–Crippen LogP) is 2.33. The zero-order valence-electron chi connectivity index (χ0n) is 10.8. The summed E-state index contributed by atoms with van der Waals surface area (Å²) < 4.78 is 0. The fourth-order valence-corrected chi connectivity index (χ4v) is 1.77. The standard InChI is InChI=1S/C13H15N3O3/c1-13(2,17)8-15-10-5-6-11(16(18)19)9-4-3-7-14-12(9)10/h3-7,15,17H,8H2,1-2H3. The van der Waals surface area contributed by atoms with Crippen molar-refractivity contribution in [3.63, 3.8) is 0 Å². The van der Waals surface area contributed by atoms with Crippen LogP contribution in [0.4, 0.5) is 11.4 Å². The molecular formula is C13H15N3O3. The van der Waals surface area contributed by atoms with E-state index in [0.29, 0.717) is 23.1 Å². The zero-order valence-corrected chi connectivity index (χ0v) is 10.8. The molecule has 0 radical (unpaired) electrons. The SMILES string of the molecule is CC(C)(O)CNc1ccc([N+](=O)[O-])c2cccnc12. The van der Waals surface area contributed by atoms with E-state index in [1.54, 1.807) is 38.2 Å². The summed E-state index contributed by atoms with van der Waals surface area (Å²) in [4.78, 5) is 14.7. The van der Waals surface area contributed by atoms with E-state index in [4.69, 9.17) is 0 Å². The molecule has 1 aromatic carbocycles. The number of benzene rings is 1. The largest absolute Gasteiger partial charge is 0.389 e. The fraction of sp³-hybridized carbons (Fsp3) is 0.308. The summed E-state index contributed by atoms with van der Waals surface area (Å²) in [6.07, 6.45) is 1.58. The van der Waals surface area contributed by atoms with Crippen molar-refractivity contribution in [3.8, 4) is 0 Å². The molecule has 0 aliphatic rings. The molecule has 2 N–H and O–H groups in total. The van der Waals surface area contributed by atoms with Crippen LogP contribution in [0.1, 0.15) is 13.8 Å². The van der Waals surface area contributed by atoms with Crippen molar-refractivity contribution in [2.24, 2.45) is 0 Å². The zero-order chi connectivity index (χ0) is 14.0. The van der Waals surface area contributed by atoms with Crippen molar-refractivity contribution in [3.05, 3.63) is 40.6 Å². The van der Waals surface area contributed by atoms with Gasteiger partial charge >= 0.3 is 0 Å². The molecule has 0 atom stereocenters. The first-order valence-corrected chi connectivity index (χ1v) is 5.87. The van der Waals surface area contributed by atoms with E-state index in [1.807, 2.05) is 0 Å². The molecule has 0 unspecified atom stereocenters. The number of aromatic nitrogens is 1. The smallest absolute Gasteiger partial charge is 0.278 e. The van der Waals surface area contributed by atoms with Gasteiger partial charge in [-0.05, 0) is 32.0 Å². The Labute approximate surface area is 110 Å². The summed E-state index contributed by atoms with van der Waals surface area (Å²) in [6, 6.07) is 6.38. The first-order chi connectivity index (χ1) is 8.88. The van der Waals surface area contributed by atoms with Gasteiger partial charge in [0.05, 0.1) is 21.6 Å². The second kappa shape index (κ2) is 4.81. The number of nitro groups is 1. The molecule has 1 heterocycles. The van der Waals surface area contributed by atoms with Gasteiger partial charge in [0.25, 0.3) is 5.69 Å². The molecule has 0 bridgehead atoms. The summed E-state index contributed by atoms with van der Waals surface area (Å²) >= 11 is 0. The average molecular weight is 261 g/mol. The van der Waals surface area contributed by atoms with Gasteiger partial charge < -0.3 is 10.4 Å². The average Bonchev–Trinajstić information content (AvgIpc) is 2.34. The number of hydrogen-bond donors (Lipinski definition) is 2. The Morgan fingerprint density at radius 3 is 2.79 bits per heavy atom. The number of nitrogens with zero attached hydrogens (tertiary/aromatic N) is 2. The van der Waals surface area contributed by atoms with Crippen molar-refractivity contribution in [1.29, 1.82) is 0 Å². The number of hydrogen-bond acceptors (Lipinski definition) is 5. The van der Waals surface area contributed by atoms with E-state index >= 15 is 0 Å². The van der Waals surface area contributed by atoms with Crippen molar-refractivity contribution < 1.29 is 10.0 Å². The van der Waals surface area contributed by atoms with Gasteiger partial charge in [-0.2, -0.15) is 0 Å². The van der Waals surface area contributed by atoms with Crippen molar-refractivity contribution in [2.75, 3.05) is 11.9 Å². The molecule has 0 spiro atoms. The number of pyridine rings is 1. The molecule has 2 rings (SSSR count). The molecule has 0 saturated carbocycles. The topological polar surface area (TPSA) is 88.3 Å². The second-order valence-corrected chi connectivity index (χ2v) is 4.95. The Morgan fingerprint density at radius 1 is 1.42 bits per heavy atom. The minimum absolute atomic E-state index is 0.0249. The molecule has 6 heteroatoms. The van der Waals surface area contributed by atoms with E-state index in [9.17, 15) is 15.2 Å². The van der Waals surface area contributed by atoms with Gasteiger partial charge in [0.2, 0.25) is 0 Å². The molecule has 100 valence electrons. The van der Waals surface area contributed by atoms with Crippen LogP contribution < -0.4 is 5.32 Å². The molecule has 2 aromatic rings. The Morgan fingerprint density at radius 2 is 2.16 bits per heavy atom. The van der Waals surface area contributed by atoms with Gasteiger partial charge in [-0.15, -0.1) is 0 Å². The van der Waals surface area contributed by atoms with Crippen molar-refractivity contribution in [1.82, 2.24) is 4.98 Å². The summed E-state index contributed by atoms with van der Waals surface area (Å²) in [6.45, 7) is 3.69. The minimum atomic E-state index is -0.872. The number of nitro benzene ring substituents is 1. The van der Waals surface area contributed by atoms with E-state index < -0.39 is 10.5 Å². The van der Waals surface area contributed by atoms with E-state index in [1.165, 1.54) is 6.07 Å². The van der Waals surface area contributed by atoms with E-state index in [0.717, 1.165) is 0 Å². The lowest BCUT2D eigenvalue weighted by atomic mass is 10.1. The van der Waals surface area contributed by atoms with Crippen LogP contribution in [0.15, 0.2) is 30.5 Å². The minimum Gasteiger partial charge on any atom is -0.389 e. The number of fused-ring (bicyclic) bond motifs is 1. The van der Waals surface area contributed by atoms with Crippen LogP contribution in [-0.2, 0) is 0 Å². The summed E-state index contributed by atoms with van der Waals surface area (Å²) in [7, 11) is 0. The number of nitrogens with one attached hydrogen (secondary N) is 1. The van der Waals surface area contributed by atoms with Crippen LogP contribution in [0.5, 0.6) is 0 Å². The molecule has 0 amide bonds. The predicted molar refractivity (Wildman–Crippen MR) is 73.2 cm³/mol. The van der Waals surface area contributed by atoms with Gasteiger partial charge in [0.1, 0.15) is 5.52 Å². The first kappa shape index (κ1) is 13.2. The highest BCUT2D eigenvalue weighted by Crippen LogP contribution is 2.29. The third-order valence-corrected chi connectivity index (χ3v) is 2.65. The lowest BCUT2D eigenvalue weighted by Crippen LogP contribution is -2.29. The highest BCUT2D eigenvalue weighted by Gasteiger charge is 2.17. The Kier molecular flexibility index (Phi) is 3.35. The van der Waals surface area contributed by atoms with Crippen LogP contribution >= 0.6 is 0 Å². The van der Waals surface area contributed by atoms with E-state index in [-0.39, 0.29) is 5.69 Å². The molecule has 0 aliphatic heterocycles. The Bertz CT molecular complexity index is 620. The van der Waals surface area contributed by atoms with Crippen LogP contribution in [-0.4, -0.2) is 27.2 Å². The lowest BCUT2D eigenvalue weighted by Gasteiger charge is -2.19. The van der Waals surface area contributed by atoms with Gasteiger partial charge in [-0.25, -0.2) is 0 Å². The summed E-state index contributed by atoms with van der Waals surface area (Å²) in [5.74, 6) is 0. The lowest BCUT2D eigenvalue weighted by molar-refractivity contribution is -0.383. The quantitative estimate of drug-likeness (QED) is 0.651. The molecule has 0 saturated heterocycles. The maximum absolute atomic E-state index is 11.0. The normalized spacial score (nSPS) is 11.5. The van der Waals surface area contributed by atoms with Gasteiger partial charge in [-0.1, -0.05) is 0 Å². The van der Waals surface area contributed by atoms with Crippen LogP contribution in [0.3, 0.4) is 0 Å². The maximum Gasteiger partial charge on any atom is 0.278 e. The number of anilines is 1. The van der Waals surface area contributed by atoms with Gasteiger partial charge in [0, 0.05) is 18.8 Å². The van der Waals surface area contributed by atoms with Gasteiger partial charge in [-0.3, -0.25) is 15.1 Å². The third-order valence-electron chi connectivity index (χ3n) is 2.65. The number of rotatable bonds is 4. The highest BCUT2D eigenvalue weighted by molar-refractivity contribution is 5.96. The first-order valence-electron chi connectivity index (χ1n) is 5.87. The summed E-state index contributed by atoms with van der Waals surface area (Å²) in [5.41, 5.74) is 0.351. The third kappa shape index (κ3) is 2.97. The van der Waals surface area contributed by atoms with E-state index in [2.05, 4.69) is 10.3 Å². The maximum atomic E-state index is 11.0. The molecular weight excluding hydrogens is 246 g/mol. The number of non-ortho nitro benzene ring substituents is 1. The molecule has 0 aliphatic carbocycles. The molecule has 0 fully saturated rings. The second-order valence-electron chi connectivity index (χ2n) is 4.95. The van der Waals surface area contributed by atoms with Crippen LogP contribution in [0.25, 0.3) is 10.9 Å². The molecule has 19 heavy (non-hydrogen) atoms. The Hall–Kier alpha value is -2.21. The van der Waals surface area contributed by atoms with Crippen molar-refractivity contribution in [2.45, 2.75) is 19.4 Å². The highest BCUT2D eigenvalue weighted by atomic mass is 16.6. The van der Waals surface area contributed by atoms with Crippen LogP contribution in [0, 0.1) is 10.1 Å². The molecule has 6 nitrogen and oxygen atoms in total. The Balaban J connectivity index is 2.47. The number of aliphatic hydroxyl groups is 1. The summed E-state index contributed by atoms with van der Waals surface area (Å²) in [5, 5.41) is 24.2. The fourth-order valence-electron chi connectivity index (χ4n) is 1.77. The molecule has 1 aromatic heterocycles. The monoisotopic (exact) mass is 261 g/mol. The van der Waals surface area contributed by atoms with Gasteiger partial charge in [0.15, 0.2) is 0 Å². The van der Waals surface area contributed by atoms with Crippen molar-refractivity contribution >= 4 is 22.3 Å².